The molecule has 0 unspecified atom stereocenters. The highest BCUT2D eigenvalue weighted by atomic mass is 28.2. The highest BCUT2D eigenvalue weighted by Crippen LogP contribution is 2.08. The molecular weight excluding hydrogens is 200 g/mol. The molecule has 0 saturated carbocycles. The molecule has 0 N–H and O–H groups in total. The Bertz CT molecular complexity index is 264. The van der Waals surface area contributed by atoms with Crippen LogP contribution < -0.4 is 0 Å². The van der Waals surface area contributed by atoms with Crippen molar-refractivity contribution < 1.29 is 4.43 Å². The van der Waals surface area contributed by atoms with Crippen LogP contribution in [0.4, 0.5) is 0 Å². The minimum absolute atomic E-state index is 0.0684. The van der Waals surface area contributed by atoms with Crippen molar-refractivity contribution in [3.63, 3.8) is 0 Å². The van der Waals surface area contributed by atoms with E-state index in [0.29, 0.717) is 0 Å². The van der Waals surface area contributed by atoms with Crippen molar-refractivity contribution in [2.24, 2.45) is 0 Å². The zero-order chi connectivity index (χ0) is 11.1. The summed E-state index contributed by atoms with van der Waals surface area (Å²) in [7, 11) is -0.309. The van der Waals surface area contributed by atoms with E-state index in [1.54, 1.807) is 0 Å². The summed E-state index contributed by atoms with van der Waals surface area (Å²) in [6, 6.07) is 12.0. The Hall–Kier alpha value is -0.603. The van der Waals surface area contributed by atoms with E-state index >= 15 is 0 Å². The van der Waals surface area contributed by atoms with Gasteiger partial charge in [0.25, 0.3) is 0 Å². The molecule has 0 aliphatic carbocycles. The van der Waals surface area contributed by atoms with E-state index in [1.165, 1.54) is 24.4 Å². The third-order valence-corrected chi connectivity index (χ3v) is 4.10. The van der Waals surface area contributed by atoms with Crippen molar-refractivity contribution in [1.29, 1.82) is 0 Å². The van der Waals surface area contributed by atoms with Crippen LogP contribution in [0, 0.1) is 0 Å². The van der Waals surface area contributed by atoms with E-state index in [2.05, 4.69) is 51.1 Å². The van der Waals surface area contributed by atoms with Gasteiger partial charge in [0, 0.05) is 5.60 Å². The van der Waals surface area contributed by atoms with Gasteiger partial charge in [-0.3, -0.25) is 0 Å². The molecule has 0 aliphatic heterocycles. The first-order chi connectivity index (χ1) is 7.08. The van der Waals surface area contributed by atoms with Crippen LogP contribution in [0.2, 0.25) is 6.04 Å². The Labute approximate surface area is 95.8 Å². The third kappa shape index (κ3) is 6.47. The first-order valence-corrected chi connectivity index (χ1v) is 7.33. The van der Waals surface area contributed by atoms with Crippen molar-refractivity contribution in [1.82, 2.24) is 0 Å². The number of hydrogen-bond donors (Lipinski definition) is 0. The van der Waals surface area contributed by atoms with Gasteiger partial charge in [-0.1, -0.05) is 36.8 Å². The van der Waals surface area contributed by atoms with E-state index in [-0.39, 0.29) is 15.4 Å². The summed E-state index contributed by atoms with van der Waals surface area (Å²) in [4.78, 5) is 0. The van der Waals surface area contributed by atoms with Gasteiger partial charge in [0.2, 0.25) is 0 Å². The molecule has 15 heavy (non-hydrogen) atoms. The van der Waals surface area contributed by atoms with Crippen LogP contribution in [0.15, 0.2) is 30.3 Å². The average Bonchev–Trinajstić information content (AvgIpc) is 2.17. The Morgan fingerprint density at radius 2 is 1.80 bits per heavy atom. The van der Waals surface area contributed by atoms with E-state index in [9.17, 15) is 0 Å². The summed E-state index contributed by atoms with van der Waals surface area (Å²) in [5.41, 5.74) is 1.51. The van der Waals surface area contributed by atoms with Crippen LogP contribution in [0.25, 0.3) is 0 Å². The number of hydrogen-bond acceptors (Lipinski definition) is 1. The molecule has 0 atom stereocenters. The first kappa shape index (κ1) is 12.5. The van der Waals surface area contributed by atoms with Gasteiger partial charge in [0.1, 0.15) is 0 Å². The topological polar surface area (TPSA) is 9.23 Å². The second-order valence-electron chi connectivity index (χ2n) is 4.90. The van der Waals surface area contributed by atoms with E-state index in [0.717, 1.165) is 0 Å². The Morgan fingerprint density at radius 3 is 2.40 bits per heavy atom. The summed E-state index contributed by atoms with van der Waals surface area (Å²) in [6.07, 6.45) is 2.47. The third-order valence-electron chi connectivity index (χ3n) is 2.24. The normalized spacial score (nSPS) is 12.5. The van der Waals surface area contributed by atoms with Crippen molar-refractivity contribution in [2.45, 2.75) is 45.3 Å². The average molecular weight is 222 g/mol. The molecule has 2 heteroatoms. The molecule has 84 valence electrons. The van der Waals surface area contributed by atoms with E-state index < -0.39 is 0 Å². The first-order valence-electron chi connectivity index (χ1n) is 5.76. The van der Waals surface area contributed by atoms with Gasteiger partial charge in [0.15, 0.2) is 9.76 Å². The number of aryl methyl sites for hydroxylation is 1. The lowest BCUT2D eigenvalue weighted by atomic mass is 10.1. The van der Waals surface area contributed by atoms with Crippen molar-refractivity contribution in [3.05, 3.63) is 35.9 Å². The SMILES string of the molecule is CC(C)(C)O[SiH2]CCCc1ccccc1. The molecule has 0 aliphatic rings. The molecule has 1 aromatic carbocycles. The number of rotatable bonds is 5. The van der Waals surface area contributed by atoms with Gasteiger partial charge in [-0.15, -0.1) is 0 Å². The fraction of sp³-hybridized carbons (Fsp3) is 0.538. The van der Waals surface area contributed by atoms with Gasteiger partial charge >= 0.3 is 0 Å². The molecular formula is C13H22OSi. The minimum Gasteiger partial charge on any atom is -0.419 e. The quantitative estimate of drug-likeness (QED) is 0.550. The smallest absolute Gasteiger partial charge is 0.162 e. The minimum atomic E-state index is -0.309. The molecule has 0 spiro atoms. The molecule has 0 saturated heterocycles. The largest absolute Gasteiger partial charge is 0.419 e. The lowest BCUT2D eigenvalue weighted by Crippen LogP contribution is -2.21. The molecule has 0 bridgehead atoms. The Kier molecular flexibility index (Phi) is 5.06. The molecule has 0 amide bonds. The van der Waals surface area contributed by atoms with Crippen LogP contribution in [0.3, 0.4) is 0 Å². The van der Waals surface area contributed by atoms with Gasteiger partial charge in [-0.2, -0.15) is 0 Å². The molecule has 1 aromatic rings. The molecule has 0 fully saturated rings. The second-order valence-corrected chi connectivity index (χ2v) is 6.31. The summed E-state index contributed by atoms with van der Waals surface area (Å²) in [6.45, 7) is 6.41. The maximum Gasteiger partial charge on any atom is 0.162 e. The maximum absolute atomic E-state index is 5.81. The predicted octanol–water partition coefficient (Wildman–Crippen LogP) is 2.94. The van der Waals surface area contributed by atoms with Gasteiger partial charge in [-0.05, 0) is 38.8 Å². The molecule has 1 nitrogen and oxygen atoms in total. The van der Waals surface area contributed by atoms with Crippen molar-refractivity contribution in [2.75, 3.05) is 0 Å². The van der Waals surface area contributed by atoms with Crippen LogP contribution in [-0.4, -0.2) is 15.4 Å². The Balaban J connectivity index is 2.08. The van der Waals surface area contributed by atoms with Crippen LogP contribution in [0.1, 0.15) is 32.8 Å². The monoisotopic (exact) mass is 222 g/mol. The molecule has 1 rings (SSSR count). The van der Waals surface area contributed by atoms with Gasteiger partial charge < -0.3 is 4.43 Å². The summed E-state index contributed by atoms with van der Waals surface area (Å²) < 4.78 is 5.81. The zero-order valence-corrected chi connectivity index (χ0v) is 11.5. The Morgan fingerprint density at radius 1 is 1.13 bits per heavy atom. The fourth-order valence-corrected chi connectivity index (χ4v) is 2.67. The van der Waals surface area contributed by atoms with E-state index in [1.807, 2.05) is 0 Å². The summed E-state index contributed by atoms with van der Waals surface area (Å²) in [5, 5.41) is 0. The van der Waals surface area contributed by atoms with Gasteiger partial charge in [-0.25, -0.2) is 0 Å². The van der Waals surface area contributed by atoms with Crippen LogP contribution in [-0.2, 0) is 10.8 Å². The number of benzene rings is 1. The zero-order valence-electron chi connectivity index (χ0n) is 10.1. The molecule has 0 aromatic heterocycles. The predicted molar refractivity (Wildman–Crippen MR) is 69.0 cm³/mol. The second kappa shape index (κ2) is 6.08. The lowest BCUT2D eigenvalue weighted by Gasteiger charge is -2.19. The van der Waals surface area contributed by atoms with Crippen molar-refractivity contribution >= 4 is 9.76 Å². The van der Waals surface area contributed by atoms with Crippen LogP contribution >= 0.6 is 0 Å². The highest BCUT2D eigenvalue weighted by Gasteiger charge is 2.08. The van der Waals surface area contributed by atoms with Crippen LogP contribution in [0.5, 0.6) is 0 Å². The molecule has 0 radical (unpaired) electrons. The van der Waals surface area contributed by atoms with Crippen molar-refractivity contribution in [3.8, 4) is 0 Å². The summed E-state index contributed by atoms with van der Waals surface area (Å²) in [5.74, 6) is 0. The molecule has 0 heterocycles. The van der Waals surface area contributed by atoms with E-state index in [4.69, 9.17) is 4.43 Å². The summed E-state index contributed by atoms with van der Waals surface area (Å²) >= 11 is 0. The highest BCUT2D eigenvalue weighted by molar-refractivity contribution is 6.27. The maximum atomic E-state index is 5.81. The standard InChI is InChI=1S/C13H22OSi/c1-13(2,3)14-15-11-7-10-12-8-5-4-6-9-12/h4-6,8-9H,7,10-11,15H2,1-3H3. The fourth-order valence-electron chi connectivity index (χ4n) is 1.45. The van der Waals surface area contributed by atoms with Gasteiger partial charge in [0.05, 0.1) is 0 Å². The lowest BCUT2D eigenvalue weighted by molar-refractivity contribution is 0.138.